The summed E-state index contributed by atoms with van der Waals surface area (Å²) in [6.45, 7) is 5.77. The number of rotatable bonds is 2. The maximum Gasteiger partial charge on any atom is 0.320 e. The summed E-state index contributed by atoms with van der Waals surface area (Å²) >= 11 is 0. The van der Waals surface area contributed by atoms with Crippen LogP contribution in [0.3, 0.4) is 0 Å². The van der Waals surface area contributed by atoms with Crippen LogP contribution in [0.25, 0.3) is 0 Å². The fourth-order valence-corrected chi connectivity index (χ4v) is 3.14. The van der Waals surface area contributed by atoms with Gasteiger partial charge in [0.25, 0.3) is 0 Å². The molecular formula is C13H22N2O3. The number of urea groups is 1. The first-order valence-corrected chi connectivity index (χ1v) is 6.83. The molecule has 2 aliphatic heterocycles. The average Bonchev–Trinajstić information content (AvgIpc) is 2.93. The van der Waals surface area contributed by atoms with Crippen molar-refractivity contribution in [3.8, 4) is 0 Å². The van der Waals surface area contributed by atoms with Crippen molar-refractivity contribution in [3.63, 3.8) is 0 Å². The van der Waals surface area contributed by atoms with Crippen molar-refractivity contribution < 1.29 is 14.7 Å². The molecular weight excluding hydrogens is 232 g/mol. The van der Waals surface area contributed by atoms with Crippen molar-refractivity contribution in [2.45, 2.75) is 39.2 Å². The third-order valence-electron chi connectivity index (χ3n) is 4.29. The minimum Gasteiger partial charge on any atom is -0.481 e. The Kier molecular flexibility index (Phi) is 3.78. The van der Waals surface area contributed by atoms with Crippen LogP contribution in [0.2, 0.25) is 0 Å². The van der Waals surface area contributed by atoms with Crippen LogP contribution < -0.4 is 0 Å². The number of amides is 2. The van der Waals surface area contributed by atoms with Crippen molar-refractivity contribution >= 4 is 12.0 Å². The Hall–Kier alpha value is -1.26. The molecule has 18 heavy (non-hydrogen) atoms. The molecule has 0 radical (unpaired) electrons. The van der Waals surface area contributed by atoms with Gasteiger partial charge in [-0.15, -0.1) is 0 Å². The number of carboxylic acid groups (broad SMARTS) is 1. The zero-order valence-electron chi connectivity index (χ0n) is 11.1. The van der Waals surface area contributed by atoms with Gasteiger partial charge in [0.05, 0.1) is 5.92 Å². The monoisotopic (exact) mass is 254 g/mol. The third-order valence-corrected chi connectivity index (χ3v) is 4.29. The molecule has 0 aromatic carbocycles. The van der Waals surface area contributed by atoms with Crippen molar-refractivity contribution in [3.05, 3.63) is 0 Å². The van der Waals surface area contributed by atoms with Gasteiger partial charge in [-0.3, -0.25) is 4.79 Å². The lowest BCUT2D eigenvalue weighted by Crippen LogP contribution is -2.44. The Balaban J connectivity index is 2.00. The van der Waals surface area contributed by atoms with Crippen LogP contribution in [0.1, 0.15) is 33.1 Å². The van der Waals surface area contributed by atoms with E-state index in [9.17, 15) is 9.59 Å². The van der Waals surface area contributed by atoms with Crippen LogP contribution >= 0.6 is 0 Å². The van der Waals surface area contributed by atoms with Crippen molar-refractivity contribution in [2.24, 2.45) is 11.8 Å². The predicted octanol–water partition coefficient (Wildman–Crippen LogP) is 1.63. The van der Waals surface area contributed by atoms with Crippen LogP contribution in [0.15, 0.2) is 0 Å². The molecule has 2 fully saturated rings. The van der Waals surface area contributed by atoms with E-state index in [4.69, 9.17) is 5.11 Å². The minimum absolute atomic E-state index is 0.0370. The third kappa shape index (κ3) is 2.31. The number of likely N-dealkylation sites (tertiary alicyclic amines) is 2. The molecule has 3 atom stereocenters. The van der Waals surface area contributed by atoms with E-state index in [1.54, 1.807) is 4.90 Å². The van der Waals surface area contributed by atoms with E-state index in [0.717, 1.165) is 25.8 Å². The Morgan fingerprint density at radius 2 is 2.06 bits per heavy atom. The number of aliphatic carboxylic acids is 1. The molecule has 2 aliphatic rings. The van der Waals surface area contributed by atoms with E-state index in [1.807, 2.05) is 11.8 Å². The lowest BCUT2D eigenvalue weighted by molar-refractivity contribution is -0.142. The summed E-state index contributed by atoms with van der Waals surface area (Å²) in [4.78, 5) is 27.1. The Morgan fingerprint density at radius 1 is 1.33 bits per heavy atom. The van der Waals surface area contributed by atoms with Gasteiger partial charge in [0.1, 0.15) is 0 Å². The van der Waals surface area contributed by atoms with Crippen LogP contribution in [-0.2, 0) is 4.79 Å². The molecule has 0 aromatic rings. The number of hydrogen-bond donors (Lipinski definition) is 1. The molecule has 0 aromatic heterocycles. The Bertz CT molecular complexity index is 345. The summed E-state index contributed by atoms with van der Waals surface area (Å²) < 4.78 is 0. The van der Waals surface area contributed by atoms with Gasteiger partial charge < -0.3 is 14.9 Å². The van der Waals surface area contributed by atoms with E-state index in [1.165, 1.54) is 0 Å². The highest BCUT2D eigenvalue weighted by molar-refractivity contribution is 5.78. The molecule has 0 aliphatic carbocycles. The van der Waals surface area contributed by atoms with Crippen LogP contribution in [0, 0.1) is 11.8 Å². The summed E-state index contributed by atoms with van der Waals surface area (Å²) in [6.07, 6.45) is 3.13. The summed E-state index contributed by atoms with van der Waals surface area (Å²) in [7, 11) is 0. The van der Waals surface area contributed by atoms with Gasteiger partial charge >= 0.3 is 12.0 Å². The second-order valence-corrected chi connectivity index (χ2v) is 5.51. The lowest BCUT2D eigenvalue weighted by Gasteiger charge is -2.29. The van der Waals surface area contributed by atoms with E-state index >= 15 is 0 Å². The molecule has 5 heteroatoms. The molecule has 2 rings (SSSR count). The highest BCUT2D eigenvalue weighted by atomic mass is 16.4. The Labute approximate surface area is 108 Å². The standard InChI is InChI=1S/C13H22N2O3/c1-3-10-5-4-6-15(10)13(18)14-7-9(2)11(8-14)12(16)17/h9-11H,3-8H2,1-2H3,(H,16,17). The first-order chi connectivity index (χ1) is 8.54. The largest absolute Gasteiger partial charge is 0.481 e. The minimum atomic E-state index is -0.786. The smallest absolute Gasteiger partial charge is 0.320 e. The maximum absolute atomic E-state index is 12.4. The first-order valence-electron chi connectivity index (χ1n) is 6.83. The molecule has 102 valence electrons. The Morgan fingerprint density at radius 3 is 2.61 bits per heavy atom. The highest BCUT2D eigenvalue weighted by Gasteiger charge is 2.40. The van der Waals surface area contributed by atoms with Crippen LogP contribution in [0.4, 0.5) is 4.79 Å². The summed E-state index contributed by atoms with van der Waals surface area (Å²) in [5.41, 5.74) is 0. The summed E-state index contributed by atoms with van der Waals surface area (Å²) in [6, 6.07) is 0.381. The second kappa shape index (κ2) is 5.16. The molecule has 0 bridgehead atoms. The number of carboxylic acids is 1. The van der Waals surface area contributed by atoms with Crippen molar-refractivity contribution in [2.75, 3.05) is 19.6 Å². The quantitative estimate of drug-likeness (QED) is 0.814. The van der Waals surface area contributed by atoms with Gasteiger partial charge in [0, 0.05) is 25.7 Å². The van der Waals surface area contributed by atoms with Gasteiger partial charge in [-0.05, 0) is 25.2 Å². The van der Waals surface area contributed by atoms with E-state index in [-0.39, 0.29) is 11.9 Å². The molecule has 2 saturated heterocycles. The van der Waals surface area contributed by atoms with E-state index in [0.29, 0.717) is 19.1 Å². The van der Waals surface area contributed by atoms with E-state index in [2.05, 4.69) is 6.92 Å². The van der Waals surface area contributed by atoms with Crippen molar-refractivity contribution in [1.29, 1.82) is 0 Å². The van der Waals surface area contributed by atoms with Gasteiger partial charge in [-0.25, -0.2) is 4.79 Å². The number of carbonyl (C=O) groups excluding carboxylic acids is 1. The fraction of sp³-hybridized carbons (Fsp3) is 0.846. The van der Waals surface area contributed by atoms with E-state index < -0.39 is 11.9 Å². The van der Waals surface area contributed by atoms with Gasteiger partial charge in [0.2, 0.25) is 0 Å². The highest BCUT2D eigenvalue weighted by Crippen LogP contribution is 2.27. The molecule has 0 saturated carbocycles. The van der Waals surface area contributed by atoms with Crippen LogP contribution in [0.5, 0.6) is 0 Å². The molecule has 2 amide bonds. The summed E-state index contributed by atoms with van der Waals surface area (Å²) in [5, 5.41) is 9.10. The van der Waals surface area contributed by atoms with Crippen molar-refractivity contribution in [1.82, 2.24) is 9.80 Å². The zero-order valence-corrected chi connectivity index (χ0v) is 11.1. The maximum atomic E-state index is 12.4. The number of carbonyl (C=O) groups is 2. The number of nitrogens with zero attached hydrogens (tertiary/aromatic N) is 2. The molecule has 2 heterocycles. The predicted molar refractivity (Wildman–Crippen MR) is 67.3 cm³/mol. The number of hydrogen-bond acceptors (Lipinski definition) is 2. The van der Waals surface area contributed by atoms with Gasteiger partial charge in [-0.1, -0.05) is 13.8 Å². The molecule has 3 unspecified atom stereocenters. The molecule has 1 N–H and O–H groups in total. The zero-order chi connectivity index (χ0) is 13.3. The van der Waals surface area contributed by atoms with Gasteiger partial charge in [-0.2, -0.15) is 0 Å². The lowest BCUT2D eigenvalue weighted by atomic mass is 9.99. The summed E-state index contributed by atoms with van der Waals surface area (Å²) in [5.74, 6) is -1.14. The van der Waals surface area contributed by atoms with Crippen LogP contribution in [-0.4, -0.2) is 52.6 Å². The van der Waals surface area contributed by atoms with Gasteiger partial charge in [0.15, 0.2) is 0 Å². The molecule has 5 nitrogen and oxygen atoms in total. The SMILES string of the molecule is CCC1CCCN1C(=O)N1CC(C)C(C(=O)O)C1. The molecule has 0 spiro atoms. The first kappa shape index (κ1) is 13.2. The fourth-order valence-electron chi connectivity index (χ4n) is 3.14. The average molecular weight is 254 g/mol. The normalized spacial score (nSPS) is 32.0. The topological polar surface area (TPSA) is 60.9 Å². The second-order valence-electron chi connectivity index (χ2n) is 5.51.